The zero-order valence-electron chi connectivity index (χ0n) is 13.1. The fourth-order valence-electron chi connectivity index (χ4n) is 3.73. The van der Waals surface area contributed by atoms with E-state index in [1.165, 1.54) is 19.3 Å². The van der Waals surface area contributed by atoms with E-state index in [4.69, 9.17) is 11.6 Å². The third-order valence-corrected chi connectivity index (χ3v) is 5.06. The molecule has 4 rings (SSSR count). The molecule has 0 radical (unpaired) electrons. The summed E-state index contributed by atoms with van der Waals surface area (Å²) < 4.78 is 0. The van der Waals surface area contributed by atoms with Crippen LogP contribution in [0, 0.1) is 0 Å². The summed E-state index contributed by atoms with van der Waals surface area (Å²) in [6.45, 7) is 0.564. The van der Waals surface area contributed by atoms with Gasteiger partial charge >= 0.3 is 6.03 Å². The Labute approximate surface area is 140 Å². The maximum absolute atomic E-state index is 12.9. The SMILES string of the molecule is CN1Cc2cnc3ccc(Cl)nc3c2N(C2CCCCC2)C1=O. The second kappa shape index (κ2) is 5.64. The molecular formula is C17H19ClN4O. The molecule has 0 unspecified atom stereocenters. The minimum Gasteiger partial charge on any atom is -0.323 e. The van der Waals surface area contributed by atoms with E-state index in [1.54, 1.807) is 11.0 Å². The summed E-state index contributed by atoms with van der Waals surface area (Å²) in [4.78, 5) is 25.6. The van der Waals surface area contributed by atoms with Crippen molar-refractivity contribution in [2.75, 3.05) is 11.9 Å². The first-order chi connectivity index (χ1) is 11.1. The molecule has 2 aromatic rings. The van der Waals surface area contributed by atoms with E-state index >= 15 is 0 Å². The van der Waals surface area contributed by atoms with Crippen molar-refractivity contribution in [2.45, 2.75) is 44.7 Å². The molecule has 0 bridgehead atoms. The van der Waals surface area contributed by atoms with Crippen molar-refractivity contribution in [3.8, 4) is 0 Å². The second-order valence-corrected chi connectivity index (χ2v) is 6.82. The predicted molar refractivity (Wildman–Crippen MR) is 90.8 cm³/mol. The molecule has 0 spiro atoms. The monoisotopic (exact) mass is 330 g/mol. The van der Waals surface area contributed by atoms with Crippen molar-refractivity contribution in [2.24, 2.45) is 0 Å². The maximum atomic E-state index is 12.9. The van der Waals surface area contributed by atoms with Gasteiger partial charge in [0.25, 0.3) is 0 Å². The Kier molecular flexibility index (Phi) is 3.60. The average molecular weight is 331 g/mol. The number of fused-ring (bicyclic) bond motifs is 3. The third-order valence-electron chi connectivity index (χ3n) is 4.85. The van der Waals surface area contributed by atoms with E-state index in [1.807, 2.05) is 24.2 Å². The van der Waals surface area contributed by atoms with Gasteiger partial charge in [0.1, 0.15) is 10.7 Å². The van der Waals surface area contributed by atoms with E-state index in [2.05, 4.69) is 9.97 Å². The van der Waals surface area contributed by atoms with Crippen molar-refractivity contribution >= 4 is 34.4 Å². The molecule has 1 aliphatic heterocycles. The van der Waals surface area contributed by atoms with Crippen molar-refractivity contribution in [3.05, 3.63) is 29.0 Å². The molecule has 6 heteroatoms. The van der Waals surface area contributed by atoms with Gasteiger partial charge in [0.2, 0.25) is 0 Å². The van der Waals surface area contributed by atoms with E-state index in [0.29, 0.717) is 11.7 Å². The quantitative estimate of drug-likeness (QED) is 0.743. The lowest BCUT2D eigenvalue weighted by Crippen LogP contribution is -2.51. The van der Waals surface area contributed by atoms with Crippen LogP contribution < -0.4 is 4.90 Å². The number of hydrogen-bond donors (Lipinski definition) is 0. The third kappa shape index (κ3) is 2.43. The van der Waals surface area contributed by atoms with Gasteiger partial charge in [-0.15, -0.1) is 0 Å². The van der Waals surface area contributed by atoms with Gasteiger partial charge < -0.3 is 4.90 Å². The van der Waals surface area contributed by atoms with Crippen LogP contribution in [0.15, 0.2) is 18.3 Å². The van der Waals surface area contributed by atoms with Gasteiger partial charge in [0.15, 0.2) is 0 Å². The first-order valence-electron chi connectivity index (χ1n) is 8.13. The number of anilines is 1. The van der Waals surface area contributed by atoms with Crippen LogP contribution in [0.25, 0.3) is 11.0 Å². The van der Waals surface area contributed by atoms with Gasteiger partial charge in [0, 0.05) is 24.8 Å². The van der Waals surface area contributed by atoms with E-state index in [-0.39, 0.29) is 12.1 Å². The molecule has 0 N–H and O–H groups in total. The Morgan fingerprint density at radius 1 is 1.22 bits per heavy atom. The first kappa shape index (κ1) is 14.7. The van der Waals surface area contributed by atoms with Gasteiger partial charge in [-0.05, 0) is 25.0 Å². The van der Waals surface area contributed by atoms with Crippen molar-refractivity contribution in [1.82, 2.24) is 14.9 Å². The van der Waals surface area contributed by atoms with Crippen LogP contribution >= 0.6 is 11.6 Å². The number of pyridine rings is 2. The Balaban J connectivity index is 1.92. The molecular weight excluding hydrogens is 312 g/mol. The largest absolute Gasteiger partial charge is 0.324 e. The molecule has 0 atom stereocenters. The highest BCUT2D eigenvalue weighted by atomic mass is 35.5. The molecule has 23 heavy (non-hydrogen) atoms. The highest BCUT2D eigenvalue weighted by Gasteiger charge is 2.36. The Hall–Kier alpha value is -1.88. The number of rotatable bonds is 1. The predicted octanol–water partition coefficient (Wildman–Crippen LogP) is 3.99. The van der Waals surface area contributed by atoms with Crippen LogP contribution in [0.2, 0.25) is 5.15 Å². The van der Waals surface area contributed by atoms with Gasteiger partial charge in [-0.2, -0.15) is 0 Å². The molecule has 1 aliphatic carbocycles. The number of urea groups is 1. The molecule has 1 saturated carbocycles. The van der Waals surface area contributed by atoms with Gasteiger partial charge in [0.05, 0.1) is 17.7 Å². The Morgan fingerprint density at radius 3 is 2.78 bits per heavy atom. The molecule has 120 valence electrons. The van der Waals surface area contributed by atoms with Crippen LogP contribution in [0.1, 0.15) is 37.7 Å². The fraction of sp³-hybridized carbons (Fsp3) is 0.471. The lowest BCUT2D eigenvalue weighted by Gasteiger charge is -2.41. The van der Waals surface area contributed by atoms with Crippen LogP contribution in [-0.4, -0.2) is 34.0 Å². The summed E-state index contributed by atoms with van der Waals surface area (Å²) >= 11 is 6.11. The zero-order valence-corrected chi connectivity index (χ0v) is 13.9. The molecule has 0 aromatic carbocycles. The highest BCUT2D eigenvalue weighted by Crippen LogP contribution is 2.38. The molecule has 3 heterocycles. The highest BCUT2D eigenvalue weighted by molar-refractivity contribution is 6.30. The van der Waals surface area contributed by atoms with Crippen LogP contribution in [0.3, 0.4) is 0 Å². The molecule has 0 saturated heterocycles. The minimum absolute atomic E-state index is 0.0543. The van der Waals surface area contributed by atoms with Gasteiger partial charge in [-0.1, -0.05) is 30.9 Å². The van der Waals surface area contributed by atoms with Crippen molar-refractivity contribution in [1.29, 1.82) is 0 Å². The Bertz CT molecular complexity index is 773. The van der Waals surface area contributed by atoms with Crippen LogP contribution in [0.5, 0.6) is 0 Å². The molecule has 5 nitrogen and oxygen atoms in total. The summed E-state index contributed by atoms with van der Waals surface area (Å²) in [7, 11) is 1.84. The number of carbonyl (C=O) groups is 1. The second-order valence-electron chi connectivity index (χ2n) is 6.43. The molecule has 2 aromatic heterocycles. The topological polar surface area (TPSA) is 49.3 Å². The number of aromatic nitrogens is 2. The summed E-state index contributed by atoms with van der Waals surface area (Å²) in [5, 5.41) is 0.433. The number of amides is 2. The summed E-state index contributed by atoms with van der Waals surface area (Å²) in [6.07, 6.45) is 7.55. The van der Waals surface area contributed by atoms with Gasteiger partial charge in [-0.25, -0.2) is 9.78 Å². The average Bonchev–Trinajstić information content (AvgIpc) is 2.57. The number of halogens is 1. The van der Waals surface area contributed by atoms with E-state index in [0.717, 1.165) is 35.1 Å². The van der Waals surface area contributed by atoms with Crippen LogP contribution in [0.4, 0.5) is 10.5 Å². The van der Waals surface area contributed by atoms with E-state index < -0.39 is 0 Å². The molecule has 2 amide bonds. The molecule has 1 fully saturated rings. The summed E-state index contributed by atoms with van der Waals surface area (Å²) in [6, 6.07) is 3.90. The van der Waals surface area contributed by atoms with Crippen molar-refractivity contribution in [3.63, 3.8) is 0 Å². The number of carbonyl (C=O) groups excluding carboxylic acids is 1. The summed E-state index contributed by atoms with van der Waals surface area (Å²) in [5.74, 6) is 0. The molecule has 2 aliphatic rings. The smallest absolute Gasteiger partial charge is 0.323 e. The lowest BCUT2D eigenvalue weighted by atomic mass is 9.93. The first-order valence-corrected chi connectivity index (χ1v) is 8.51. The zero-order chi connectivity index (χ0) is 16.0. The Morgan fingerprint density at radius 2 is 2.00 bits per heavy atom. The minimum atomic E-state index is 0.0543. The standard InChI is InChI=1S/C17H19ClN4O/c1-21-10-11-9-19-13-7-8-14(18)20-15(13)16(11)22(17(21)23)12-5-3-2-4-6-12/h7-9,12H,2-6,10H2,1H3. The normalized spacial score (nSPS) is 19.3. The van der Waals surface area contributed by atoms with Crippen LogP contribution in [-0.2, 0) is 6.54 Å². The van der Waals surface area contributed by atoms with Gasteiger partial charge in [-0.3, -0.25) is 9.88 Å². The fourth-order valence-corrected chi connectivity index (χ4v) is 3.88. The summed E-state index contributed by atoms with van der Waals surface area (Å²) in [5.41, 5.74) is 3.47. The lowest BCUT2D eigenvalue weighted by molar-refractivity contribution is 0.205. The number of nitrogens with zero attached hydrogens (tertiary/aromatic N) is 4. The van der Waals surface area contributed by atoms with Crippen molar-refractivity contribution < 1.29 is 4.79 Å². The van der Waals surface area contributed by atoms with E-state index in [9.17, 15) is 4.79 Å². The number of hydrogen-bond acceptors (Lipinski definition) is 3. The maximum Gasteiger partial charge on any atom is 0.324 e.